The molecule has 0 amide bonds. The van der Waals surface area contributed by atoms with Crippen LogP contribution in [0, 0.1) is 12.1 Å². The molecule has 5 heteroatoms. The summed E-state index contributed by atoms with van der Waals surface area (Å²) in [6, 6.07) is 76.2. The van der Waals surface area contributed by atoms with Crippen LogP contribution in [0.5, 0.6) is 0 Å². The Balaban J connectivity index is 0.00000433. The van der Waals surface area contributed by atoms with Crippen LogP contribution in [-0.2, 0) is 28.1 Å². The van der Waals surface area contributed by atoms with Crippen molar-refractivity contribution < 1.29 is 21.1 Å². The van der Waals surface area contributed by atoms with Gasteiger partial charge in [0.25, 0.3) is 0 Å². The van der Waals surface area contributed by atoms with E-state index in [4.69, 9.17) is 9.97 Å². The Kier molecular flexibility index (Phi) is 9.64. The Bertz CT molecular complexity index is 3300. The SMILES string of the molecule is Cn1c(-c2[c-]c3c(cc2)c2ccccc2n3-c2[c-]c(-c3ccccn3)cc(-c3ccc(-c4ccccc4)cc3)c2)nc2ccc(-c3ccc(-c4ccccc4)cc3)cc21.[Pt+2]. The third-order valence-electron chi connectivity index (χ3n) is 11.4. The van der Waals surface area contributed by atoms with E-state index < -0.39 is 0 Å². The van der Waals surface area contributed by atoms with E-state index in [1.54, 1.807) is 0 Å². The topological polar surface area (TPSA) is 35.6 Å². The standard InChI is InChI=1S/C55H36N4.Pt/c1-58-54-35-43(41-23-19-39(20-24-41)37-12-4-2-5-13-37)28-30-51(54)57-55(58)44-27-29-49-48-16-8-9-18-52(48)59(53(49)36-44)47-33-45(32-46(34-47)50-17-10-11-31-56-50)42-25-21-40(22-26-42)38-14-6-3-7-15-38;/h2-33,35H,1H3;/q-2;+2. The summed E-state index contributed by atoms with van der Waals surface area (Å²) >= 11 is 0. The molecule has 0 aliphatic rings. The molecule has 0 radical (unpaired) electrons. The van der Waals surface area contributed by atoms with E-state index in [1.807, 2.05) is 24.4 Å². The summed E-state index contributed by atoms with van der Waals surface area (Å²) in [7, 11) is 2.10. The van der Waals surface area contributed by atoms with Crippen molar-refractivity contribution in [1.29, 1.82) is 0 Å². The van der Waals surface area contributed by atoms with Crippen LogP contribution in [0.15, 0.2) is 200 Å². The van der Waals surface area contributed by atoms with Crippen molar-refractivity contribution in [3.63, 3.8) is 0 Å². The van der Waals surface area contributed by atoms with Crippen LogP contribution in [0.4, 0.5) is 0 Å². The summed E-state index contributed by atoms with van der Waals surface area (Å²) in [5, 5.41) is 2.28. The van der Waals surface area contributed by atoms with Gasteiger partial charge in [-0.2, -0.15) is 0 Å². The molecule has 0 N–H and O–H groups in total. The van der Waals surface area contributed by atoms with E-state index in [-0.39, 0.29) is 21.1 Å². The Hall–Kier alpha value is -7.13. The van der Waals surface area contributed by atoms with Crippen LogP contribution in [-0.4, -0.2) is 19.1 Å². The van der Waals surface area contributed by atoms with E-state index in [1.165, 1.54) is 27.8 Å². The van der Waals surface area contributed by atoms with Crippen LogP contribution in [0.1, 0.15) is 0 Å². The monoisotopic (exact) mass is 947 g/mol. The van der Waals surface area contributed by atoms with E-state index >= 15 is 0 Å². The number of aryl methyl sites for hydroxylation is 1. The summed E-state index contributed by atoms with van der Waals surface area (Å²) in [6.07, 6.45) is 1.84. The Morgan fingerprint density at radius 1 is 0.433 bits per heavy atom. The molecule has 0 saturated carbocycles. The van der Waals surface area contributed by atoms with Crippen LogP contribution < -0.4 is 0 Å². The Morgan fingerprint density at radius 3 is 1.68 bits per heavy atom. The molecule has 286 valence electrons. The van der Waals surface area contributed by atoms with Gasteiger partial charge < -0.3 is 14.1 Å². The predicted octanol–water partition coefficient (Wildman–Crippen LogP) is 13.7. The minimum Gasteiger partial charge on any atom is -0.367 e. The molecule has 4 nitrogen and oxygen atoms in total. The van der Waals surface area contributed by atoms with Crippen LogP contribution in [0.2, 0.25) is 0 Å². The first-order valence-corrected chi connectivity index (χ1v) is 19.9. The van der Waals surface area contributed by atoms with Gasteiger partial charge in [0.1, 0.15) is 0 Å². The zero-order valence-corrected chi connectivity index (χ0v) is 34.9. The number of aromatic nitrogens is 4. The molecule has 0 unspecified atom stereocenters. The van der Waals surface area contributed by atoms with Gasteiger partial charge in [0, 0.05) is 18.8 Å². The fourth-order valence-corrected chi connectivity index (χ4v) is 8.36. The molecule has 0 aliphatic heterocycles. The van der Waals surface area contributed by atoms with Gasteiger partial charge in [0.2, 0.25) is 0 Å². The average Bonchev–Trinajstić information content (AvgIpc) is 3.83. The Morgan fingerprint density at radius 2 is 1.02 bits per heavy atom. The molecule has 60 heavy (non-hydrogen) atoms. The van der Waals surface area contributed by atoms with Gasteiger partial charge in [-0.05, 0) is 85.5 Å². The van der Waals surface area contributed by atoms with Crippen molar-refractivity contribution in [3.05, 3.63) is 212 Å². The summed E-state index contributed by atoms with van der Waals surface area (Å²) < 4.78 is 4.48. The maximum absolute atomic E-state index is 5.18. The quantitative estimate of drug-likeness (QED) is 0.149. The number of benzene rings is 8. The smallest absolute Gasteiger partial charge is 0.367 e. The molecule has 0 aliphatic carbocycles. The van der Waals surface area contributed by atoms with E-state index in [0.29, 0.717) is 0 Å². The third-order valence-corrected chi connectivity index (χ3v) is 11.4. The molecule has 0 fully saturated rings. The van der Waals surface area contributed by atoms with Gasteiger partial charge in [0.05, 0.1) is 16.9 Å². The molecule has 0 spiro atoms. The molecular weight excluding hydrogens is 912 g/mol. The number of imidazole rings is 1. The van der Waals surface area contributed by atoms with Gasteiger partial charge in [-0.25, -0.2) is 0 Å². The fraction of sp³-hybridized carbons (Fsp3) is 0.0182. The normalized spacial score (nSPS) is 11.3. The number of pyridine rings is 1. The number of hydrogen-bond donors (Lipinski definition) is 0. The molecule has 0 atom stereocenters. The van der Waals surface area contributed by atoms with Crippen molar-refractivity contribution in [2.24, 2.45) is 7.05 Å². The fourth-order valence-electron chi connectivity index (χ4n) is 8.36. The van der Waals surface area contributed by atoms with E-state index in [2.05, 4.69) is 204 Å². The third kappa shape index (κ3) is 6.66. The van der Waals surface area contributed by atoms with Gasteiger partial charge in [0.15, 0.2) is 0 Å². The second-order valence-electron chi connectivity index (χ2n) is 15.0. The molecule has 8 aromatic carbocycles. The maximum atomic E-state index is 5.18. The van der Waals surface area contributed by atoms with Gasteiger partial charge in [-0.1, -0.05) is 157 Å². The minimum atomic E-state index is 0. The van der Waals surface area contributed by atoms with Crippen LogP contribution in [0.25, 0.3) is 106 Å². The van der Waals surface area contributed by atoms with Crippen molar-refractivity contribution in [3.8, 4) is 72.8 Å². The van der Waals surface area contributed by atoms with E-state index in [9.17, 15) is 0 Å². The van der Waals surface area contributed by atoms with Crippen molar-refractivity contribution in [1.82, 2.24) is 19.1 Å². The minimum absolute atomic E-state index is 0. The number of para-hydroxylation sites is 1. The van der Waals surface area contributed by atoms with Gasteiger partial charge in [-0.15, -0.1) is 47.5 Å². The first kappa shape index (κ1) is 37.2. The zero-order chi connectivity index (χ0) is 39.3. The first-order valence-electron chi connectivity index (χ1n) is 19.9. The van der Waals surface area contributed by atoms with Crippen molar-refractivity contribution in [2.75, 3.05) is 0 Å². The largest absolute Gasteiger partial charge is 2.00 e. The van der Waals surface area contributed by atoms with Gasteiger partial charge >= 0.3 is 21.1 Å². The van der Waals surface area contributed by atoms with E-state index in [0.717, 1.165) is 77.9 Å². The molecule has 11 rings (SSSR count). The summed E-state index contributed by atoms with van der Waals surface area (Å²) in [5.41, 5.74) is 17.0. The van der Waals surface area contributed by atoms with Crippen molar-refractivity contribution in [2.45, 2.75) is 0 Å². The number of nitrogens with zero attached hydrogens (tertiary/aromatic N) is 4. The number of rotatable bonds is 7. The molecule has 0 bridgehead atoms. The second kappa shape index (κ2) is 15.6. The van der Waals surface area contributed by atoms with Crippen molar-refractivity contribution >= 4 is 32.8 Å². The number of fused-ring (bicyclic) bond motifs is 4. The number of hydrogen-bond acceptors (Lipinski definition) is 2. The van der Waals surface area contributed by atoms with Crippen LogP contribution in [0.3, 0.4) is 0 Å². The molecular formula is C55H36N4Pt. The zero-order valence-electron chi connectivity index (χ0n) is 32.7. The first-order chi connectivity index (χ1) is 29.1. The summed E-state index contributed by atoms with van der Waals surface area (Å²) in [6.45, 7) is 0. The average molecular weight is 948 g/mol. The summed E-state index contributed by atoms with van der Waals surface area (Å²) in [5.74, 6) is 0.862. The molecule has 3 aromatic heterocycles. The second-order valence-corrected chi connectivity index (χ2v) is 15.0. The summed E-state index contributed by atoms with van der Waals surface area (Å²) in [4.78, 5) is 9.93. The molecule has 11 aromatic rings. The van der Waals surface area contributed by atoms with Crippen LogP contribution >= 0.6 is 0 Å². The predicted molar refractivity (Wildman–Crippen MR) is 243 cm³/mol. The molecule has 0 saturated heterocycles. The maximum Gasteiger partial charge on any atom is 2.00 e. The van der Waals surface area contributed by atoms with Gasteiger partial charge in [-0.3, -0.25) is 4.98 Å². The Labute approximate surface area is 363 Å². The molecule has 3 heterocycles.